The van der Waals surface area contributed by atoms with Gasteiger partial charge in [0.2, 0.25) is 0 Å². The number of rotatable bonds is 5. The smallest absolute Gasteiger partial charge is 0.151 e. The molecular formula is C10H21NO3S. The Kier molecular flexibility index (Phi) is 4.55. The monoisotopic (exact) mass is 235 g/mol. The van der Waals surface area contributed by atoms with Crippen LogP contribution in [-0.4, -0.2) is 43.7 Å². The second-order valence-electron chi connectivity index (χ2n) is 4.78. The van der Waals surface area contributed by atoms with Gasteiger partial charge in [0.25, 0.3) is 0 Å². The standard InChI is InChI=1S/C10H21NO3S/c1-8(2)5-10(6-12)11-9-3-4-15(13,14)7-9/h8-12H,3-7H2,1-2H3. The van der Waals surface area contributed by atoms with Gasteiger partial charge in [-0.2, -0.15) is 0 Å². The lowest BCUT2D eigenvalue weighted by molar-refractivity contribution is 0.215. The van der Waals surface area contributed by atoms with Crippen molar-refractivity contribution in [3.63, 3.8) is 0 Å². The topological polar surface area (TPSA) is 66.4 Å². The summed E-state index contributed by atoms with van der Waals surface area (Å²) in [6.07, 6.45) is 1.56. The average Bonchev–Trinajstić information content (AvgIpc) is 2.43. The molecule has 1 rings (SSSR count). The summed E-state index contributed by atoms with van der Waals surface area (Å²) in [7, 11) is -2.82. The lowest BCUT2D eigenvalue weighted by Crippen LogP contribution is -2.41. The third kappa shape index (κ3) is 4.49. The lowest BCUT2D eigenvalue weighted by atomic mass is 10.0. The van der Waals surface area contributed by atoms with E-state index in [1.165, 1.54) is 0 Å². The minimum absolute atomic E-state index is 0.0308. The molecule has 0 aromatic carbocycles. The fourth-order valence-electron chi connectivity index (χ4n) is 2.02. The van der Waals surface area contributed by atoms with Crippen LogP contribution in [0, 0.1) is 5.92 Å². The van der Waals surface area contributed by atoms with Crippen LogP contribution in [0.15, 0.2) is 0 Å². The Morgan fingerprint density at radius 2 is 2.13 bits per heavy atom. The van der Waals surface area contributed by atoms with E-state index in [2.05, 4.69) is 19.2 Å². The normalized spacial score (nSPS) is 27.1. The molecule has 1 aliphatic heterocycles. The van der Waals surface area contributed by atoms with Gasteiger partial charge in [0.05, 0.1) is 18.1 Å². The van der Waals surface area contributed by atoms with Crippen molar-refractivity contribution in [3.8, 4) is 0 Å². The van der Waals surface area contributed by atoms with Gasteiger partial charge >= 0.3 is 0 Å². The quantitative estimate of drug-likeness (QED) is 0.713. The van der Waals surface area contributed by atoms with E-state index < -0.39 is 9.84 Å². The van der Waals surface area contributed by atoms with E-state index in [1.807, 2.05) is 0 Å². The summed E-state index contributed by atoms with van der Waals surface area (Å²) in [5.74, 6) is 1.01. The van der Waals surface area contributed by atoms with Gasteiger partial charge in [-0.25, -0.2) is 8.42 Å². The Balaban J connectivity index is 2.40. The van der Waals surface area contributed by atoms with Gasteiger partial charge in [0.1, 0.15) is 0 Å². The van der Waals surface area contributed by atoms with E-state index in [1.54, 1.807) is 0 Å². The van der Waals surface area contributed by atoms with Gasteiger partial charge in [0.15, 0.2) is 9.84 Å². The zero-order valence-corrected chi connectivity index (χ0v) is 10.3. The molecule has 0 aliphatic carbocycles. The Hall–Kier alpha value is -0.130. The van der Waals surface area contributed by atoms with Crippen molar-refractivity contribution in [3.05, 3.63) is 0 Å². The van der Waals surface area contributed by atoms with Crippen molar-refractivity contribution in [1.82, 2.24) is 5.32 Å². The summed E-state index contributed by atoms with van der Waals surface area (Å²) in [6.45, 7) is 4.26. The SMILES string of the molecule is CC(C)CC(CO)NC1CCS(=O)(=O)C1. The molecule has 0 radical (unpaired) electrons. The van der Waals surface area contributed by atoms with Crippen LogP contribution in [-0.2, 0) is 9.84 Å². The van der Waals surface area contributed by atoms with E-state index in [9.17, 15) is 8.42 Å². The predicted octanol–water partition coefficient (Wildman–Crippen LogP) is 0.170. The molecule has 0 bridgehead atoms. The lowest BCUT2D eigenvalue weighted by Gasteiger charge is -2.21. The highest BCUT2D eigenvalue weighted by Crippen LogP contribution is 2.13. The summed E-state index contributed by atoms with van der Waals surface area (Å²) in [5, 5.41) is 12.4. The molecule has 2 N–H and O–H groups in total. The first kappa shape index (κ1) is 12.9. The fraction of sp³-hybridized carbons (Fsp3) is 1.00. The zero-order valence-electron chi connectivity index (χ0n) is 9.44. The molecule has 2 atom stereocenters. The summed E-state index contributed by atoms with van der Waals surface area (Å²) in [5.41, 5.74) is 0. The van der Waals surface area contributed by atoms with Gasteiger partial charge in [0, 0.05) is 12.1 Å². The van der Waals surface area contributed by atoms with Crippen molar-refractivity contribution in [2.24, 2.45) is 5.92 Å². The minimum atomic E-state index is -2.82. The van der Waals surface area contributed by atoms with E-state index in [4.69, 9.17) is 5.11 Å². The van der Waals surface area contributed by atoms with Crippen molar-refractivity contribution in [2.75, 3.05) is 18.1 Å². The van der Waals surface area contributed by atoms with Crippen molar-refractivity contribution < 1.29 is 13.5 Å². The summed E-state index contributed by atoms with van der Waals surface area (Å²) in [6, 6.07) is 0.0641. The molecule has 1 fully saturated rings. The van der Waals surface area contributed by atoms with Gasteiger partial charge in [-0.15, -0.1) is 0 Å². The Morgan fingerprint density at radius 3 is 2.53 bits per heavy atom. The Bertz CT molecular complexity index is 287. The first-order valence-electron chi connectivity index (χ1n) is 5.50. The number of aliphatic hydroxyl groups excluding tert-OH is 1. The predicted molar refractivity (Wildman–Crippen MR) is 60.5 cm³/mol. The molecule has 90 valence electrons. The molecule has 0 spiro atoms. The Labute approximate surface area is 92.0 Å². The van der Waals surface area contributed by atoms with E-state index in [-0.39, 0.29) is 30.2 Å². The summed E-state index contributed by atoms with van der Waals surface area (Å²) >= 11 is 0. The van der Waals surface area contributed by atoms with Crippen LogP contribution in [0.4, 0.5) is 0 Å². The highest BCUT2D eigenvalue weighted by molar-refractivity contribution is 7.91. The first-order valence-corrected chi connectivity index (χ1v) is 7.32. The van der Waals surface area contributed by atoms with Crippen LogP contribution >= 0.6 is 0 Å². The van der Waals surface area contributed by atoms with Crippen LogP contribution in [0.3, 0.4) is 0 Å². The zero-order chi connectivity index (χ0) is 11.5. The van der Waals surface area contributed by atoms with Gasteiger partial charge in [-0.1, -0.05) is 13.8 Å². The largest absolute Gasteiger partial charge is 0.395 e. The number of aliphatic hydroxyl groups is 1. The number of hydrogen-bond acceptors (Lipinski definition) is 4. The third-order valence-electron chi connectivity index (χ3n) is 2.68. The highest BCUT2D eigenvalue weighted by atomic mass is 32.2. The highest BCUT2D eigenvalue weighted by Gasteiger charge is 2.29. The molecule has 0 saturated carbocycles. The molecule has 1 aliphatic rings. The van der Waals surface area contributed by atoms with Crippen LogP contribution < -0.4 is 5.32 Å². The van der Waals surface area contributed by atoms with Crippen LogP contribution in [0.25, 0.3) is 0 Å². The van der Waals surface area contributed by atoms with Gasteiger partial charge in [-0.05, 0) is 18.8 Å². The summed E-state index contributed by atoms with van der Waals surface area (Å²) in [4.78, 5) is 0. The molecule has 1 saturated heterocycles. The van der Waals surface area contributed by atoms with Gasteiger partial charge in [-0.3, -0.25) is 0 Å². The second-order valence-corrected chi connectivity index (χ2v) is 7.00. The number of hydrogen-bond donors (Lipinski definition) is 2. The van der Waals surface area contributed by atoms with Crippen molar-refractivity contribution in [1.29, 1.82) is 0 Å². The van der Waals surface area contributed by atoms with E-state index in [0.717, 1.165) is 6.42 Å². The maximum absolute atomic E-state index is 11.2. The minimum Gasteiger partial charge on any atom is -0.395 e. The van der Waals surface area contributed by atoms with Crippen molar-refractivity contribution in [2.45, 2.75) is 38.8 Å². The van der Waals surface area contributed by atoms with Crippen LogP contribution in [0.2, 0.25) is 0 Å². The maximum Gasteiger partial charge on any atom is 0.151 e. The second kappa shape index (κ2) is 5.27. The molecule has 15 heavy (non-hydrogen) atoms. The molecule has 4 nitrogen and oxygen atoms in total. The van der Waals surface area contributed by atoms with E-state index >= 15 is 0 Å². The van der Waals surface area contributed by atoms with Crippen LogP contribution in [0.5, 0.6) is 0 Å². The number of nitrogens with one attached hydrogen (secondary N) is 1. The van der Waals surface area contributed by atoms with Crippen LogP contribution in [0.1, 0.15) is 26.7 Å². The summed E-state index contributed by atoms with van der Waals surface area (Å²) < 4.78 is 22.5. The van der Waals surface area contributed by atoms with E-state index in [0.29, 0.717) is 12.3 Å². The first-order chi connectivity index (χ1) is 6.93. The molecular weight excluding hydrogens is 214 g/mol. The molecule has 1 heterocycles. The molecule has 0 aromatic rings. The van der Waals surface area contributed by atoms with Crippen molar-refractivity contribution >= 4 is 9.84 Å². The molecule has 5 heteroatoms. The van der Waals surface area contributed by atoms with Gasteiger partial charge < -0.3 is 10.4 Å². The number of sulfone groups is 1. The molecule has 0 aromatic heterocycles. The fourth-order valence-corrected chi connectivity index (χ4v) is 3.71. The Morgan fingerprint density at radius 1 is 1.47 bits per heavy atom. The average molecular weight is 235 g/mol. The third-order valence-corrected chi connectivity index (χ3v) is 4.45. The molecule has 0 amide bonds. The molecule has 2 unspecified atom stereocenters. The maximum atomic E-state index is 11.2.